The van der Waals surface area contributed by atoms with Crippen molar-refractivity contribution in [1.82, 2.24) is 4.90 Å². The Morgan fingerprint density at radius 1 is 1.39 bits per heavy atom. The van der Waals surface area contributed by atoms with Gasteiger partial charge in [0.2, 0.25) is 8.32 Å². The Morgan fingerprint density at radius 2 is 1.94 bits per heavy atom. The Labute approximate surface area is 111 Å². The van der Waals surface area contributed by atoms with Gasteiger partial charge in [-0.2, -0.15) is 0 Å². The average molecular weight is 271 g/mol. The second-order valence-corrected chi connectivity index (χ2v) is 11.1. The SMILES string of the molecule is CC1C(O[Si](C)(C)C)=CCN1C(=O)OC(C)(C)C. The maximum absolute atomic E-state index is 12.0. The summed E-state index contributed by atoms with van der Waals surface area (Å²) in [4.78, 5) is 13.7. The molecule has 0 aromatic rings. The highest BCUT2D eigenvalue weighted by Crippen LogP contribution is 2.24. The normalized spacial score (nSPS) is 20.7. The molecule has 0 fully saturated rings. The molecule has 0 bridgehead atoms. The van der Waals surface area contributed by atoms with Crippen molar-refractivity contribution >= 4 is 14.4 Å². The molecule has 0 aromatic carbocycles. The Kier molecular flexibility index (Phi) is 4.15. The fourth-order valence-electron chi connectivity index (χ4n) is 1.70. The summed E-state index contributed by atoms with van der Waals surface area (Å²) < 4.78 is 11.4. The van der Waals surface area contributed by atoms with Crippen LogP contribution in [-0.4, -0.2) is 37.5 Å². The Morgan fingerprint density at radius 3 is 2.39 bits per heavy atom. The van der Waals surface area contributed by atoms with E-state index in [0.717, 1.165) is 5.76 Å². The average Bonchev–Trinajstić information content (AvgIpc) is 2.42. The smallest absolute Gasteiger partial charge is 0.411 e. The standard InChI is InChI=1S/C13H25NO3Si/c1-10-11(17-18(5,6)7)8-9-14(10)12(15)16-13(2,3)4/h8,10H,9H2,1-7H3. The molecule has 0 aromatic heterocycles. The lowest BCUT2D eigenvalue weighted by atomic mass is 10.2. The molecular weight excluding hydrogens is 246 g/mol. The first kappa shape index (κ1) is 15.1. The summed E-state index contributed by atoms with van der Waals surface area (Å²) >= 11 is 0. The van der Waals surface area contributed by atoms with E-state index in [2.05, 4.69) is 19.6 Å². The maximum Gasteiger partial charge on any atom is 0.411 e. The molecule has 0 N–H and O–H groups in total. The Bertz CT molecular complexity index is 352. The molecule has 1 unspecified atom stereocenters. The largest absolute Gasteiger partial charge is 0.546 e. The number of carbonyl (C=O) groups is 1. The van der Waals surface area contributed by atoms with Crippen molar-refractivity contribution in [2.24, 2.45) is 0 Å². The molecule has 1 aliphatic heterocycles. The van der Waals surface area contributed by atoms with Gasteiger partial charge in [-0.25, -0.2) is 4.79 Å². The van der Waals surface area contributed by atoms with E-state index in [1.54, 1.807) is 4.90 Å². The highest BCUT2D eigenvalue weighted by atomic mass is 28.4. The van der Waals surface area contributed by atoms with Crippen LogP contribution in [0.3, 0.4) is 0 Å². The van der Waals surface area contributed by atoms with Gasteiger partial charge in [0.1, 0.15) is 5.60 Å². The molecule has 1 rings (SSSR count). The topological polar surface area (TPSA) is 38.8 Å². The second-order valence-electron chi connectivity index (χ2n) is 6.63. The first-order chi connectivity index (χ1) is 7.99. The van der Waals surface area contributed by atoms with E-state index in [0.29, 0.717) is 6.54 Å². The van der Waals surface area contributed by atoms with Gasteiger partial charge in [0.25, 0.3) is 0 Å². The number of nitrogens with zero attached hydrogens (tertiary/aromatic N) is 1. The molecule has 0 spiro atoms. The van der Waals surface area contributed by atoms with Gasteiger partial charge in [-0.15, -0.1) is 0 Å². The van der Waals surface area contributed by atoms with E-state index >= 15 is 0 Å². The summed E-state index contributed by atoms with van der Waals surface area (Å²) in [5, 5.41) is 0. The van der Waals surface area contributed by atoms with E-state index in [9.17, 15) is 4.79 Å². The van der Waals surface area contributed by atoms with Crippen LogP contribution in [0.15, 0.2) is 11.8 Å². The minimum absolute atomic E-state index is 0.0356. The van der Waals surface area contributed by atoms with Crippen molar-refractivity contribution in [2.75, 3.05) is 6.54 Å². The second kappa shape index (κ2) is 4.95. The van der Waals surface area contributed by atoms with E-state index in [1.165, 1.54) is 0 Å². The molecule has 104 valence electrons. The summed E-state index contributed by atoms with van der Waals surface area (Å²) in [5.41, 5.74) is -0.459. The number of hydrogen-bond acceptors (Lipinski definition) is 3. The molecule has 0 radical (unpaired) electrons. The highest BCUT2D eigenvalue weighted by molar-refractivity contribution is 6.70. The lowest BCUT2D eigenvalue weighted by Gasteiger charge is -2.29. The first-order valence-corrected chi connectivity index (χ1v) is 9.79. The van der Waals surface area contributed by atoms with Gasteiger partial charge < -0.3 is 9.16 Å². The van der Waals surface area contributed by atoms with Crippen molar-refractivity contribution in [3.8, 4) is 0 Å². The summed E-state index contributed by atoms with van der Waals surface area (Å²) in [6.07, 6.45) is 1.70. The van der Waals surface area contributed by atoms with Crippen LogP contribution in [0.2, 0.25) is 19.6 Å². The quantitative estimate of drug-likeness (QED) is 0.723. The number of rotatable bonds is 2. The van der Waals surface area contributed by atoms with Gasteiger partial charge in [-0.05, 0) is 53.4 Å². The number of carbonyl (C=O) groups excluding carboxylic acids is 1. The van der Waals surface area contributed by atoms with E-state index in [4.69, 9.17) is 9.16 Å². The fourth-order valence-corrected chi connectivity index (χ4v) is 2.67. The number of ether oxygens (including phenoxy) is 1. The summed E-state index contributed by atoms with van der Waals surface area (Å²) in [6.45, 7) is 14.6. The number of amides is 1. The van der Waals surface area contributed by atoms with E-state index in [1.807, 2.05) is 33.8 Å². The third kappa shape index (κ3) is 4.36. The van der Waals surface area contributed by atoms with Crippen LogP contribution in [-0.2, 0) is 9.16 Å². The van der Waals surface area contributed by atoms with Gasteiger partial charge in [0, 0.05) is 6.54 Å². The number of hydrogen-bond donors (Lipinski definition) is 0. The van der Waals surface area contributed by atoms with Crippen LogP contribution in [0.1, 0.15) is 27.7 Å². The summed E-state index contributed by atoms with van der Waals surface area (Å²) in [5.74, 6) is 0.903. The van der Waals surface area contributed by atoms with Crippen LogP contribution in [0.4, 0.5) is 4.79 Å². The minimum atomic E-state index is -1.62. The highest BCUT2D eigenvalue weighted by Gasteiger charge is 2.33. The van der Waals surface area contributed by atoms with Crippen molar-refractivity contribution in [3.63, 3.8) is 0 Å². The predicted molar refractivity (Wildman–Crippen MR) is 74.9 cm³/mol. The fraction of sp³-hybridized carbons (Fsp3) is 0.769. The minimum Gasteiger partial charge on any atom is -0.546 e. The van der Waals surface area contributed by atoms with Gasteiger partial charge in [-0.1, -0.05) is 0 Å². The van der Waals surface area contributed by atoms with Gasteiger partial charge in [0.15, 0.2) is 0 Å². The van der Waals surface area contributed by atoms with Crippen molar-refractivity contribution in [1.29, 1.82) is 0 Å². The Balaban J connectivity index is 2.63. The zero-order chi connectivity index (χ0) is 14.1. The summed E-state index contributed by atoms with van der Waals surface area (Å²) in [6, 6.07) is -0.0356. The van der Waals surface area contributed by atoms with Crippen LogP contribution in [0.5, 0.6) is 0 Å². The maximum atomic E-state index is 12.0. The molecule has 1 atom stereocenters. The van der Waals surface area contributed by atoms with E-state index < -0.39 is 13.9 Å². The Hall–Kier alpha value is -0.973. The monoisotopic (exact) mass is 271 g/mol. The van der Waals surface area contributed by atoms with Crippen LogP contribution < -0.4 is 0 Å². The van der Waals surface area contributed by atoms with Gasteiger partial charge in [-0.3, -0.25) is 4.90 Å². The first-order valence-electron chi connectivity index (χ1n) is 6.38. The molecule has 0 aliphatic carbocycles. The van der Waals surface area contributed by atoms with Crippen molar-refractivity contribution in [2.45, 2.75) is 59.0 Å². The molecule has 0 saturated carbocycles. The molecular formula is C13H25NO3Si. The van der Waals surface area contributed by atoms with Gasteiger partial charge >= 0.3 is 6.09 Å². The van der Waals surface area contributed by atoms with E-state index in [-0.39, 0.29) is 12.1 Å². The lowest BCUT2D eigenvalue weighted by Crippen LogP contribution is -2.41. The molecule has 18 heavy (non-hydrogen) atoms. The molecule has 4 nitrogen and oxygen atoms in total. The van der Waals surface area contributed by atoms with Gasteiger partial charge in [0.05, 0.1) is 11.8 Å². The summed E-state index contributed by atoms with van der Waals surface area (Å²) in [7, 11) is -1.62. The molecule has 1 amide bonds. The lowest BCUT2D eigenvalue weighted by molar-refractivity contribution is 0.0232. The molecule has 1 heterocycles. The zero-order valence-corrected chi connectivity index (χ0v) is 13.5. The van der Waals surface area contributed by atoms with Crippen LogP contribution >= 0.6 is 0 Å². The molecule has 1 aliphatic rings. The predicted octanol–water partition coefficient (Wildman–Crippen LogP) is 3.36. The third-order valence-electron chi connectivity index (χ3n) is 2.42. The van der Waals surface area contributed by atoms with Crippen LogP contribution in [0, 0.1) is 0 Å². The van der Waals surface area contributed by atoms with Crippen molar-refractivity contribution in [3.05, 3.63) is 11.8 Å². The zero-order valence-electron chi connectivity index (χ0n) is 12.5. The van der Waals surface area contributed by atoms with Crippen LogP contribution in [0.25, 0.3) is 0 Å². The molecule has 0 saturated heterocycles. The molecule has 5 heteroatoms. The van der Waals surface area contributed by atoms with Crippen molar-refractivity contribution < 1.29 is 14.0 Å². The third-order valence-corrected chi connectivity index (χ3v) is 3.27.